The number of nitrogens with zero attached hydrogens (tertiary/aromatic N) is 3. The molecule has 1 aromatic carbocycles. The predicted molar refractivity (Wildman–Crippen MR) is 151 cm³/mol. The number of nitrogens with one attached hydrogen (secondary N) is 2. The Labute approximate surface area is 241 Å². The second-order valence-corrected chi connectivity index (χ2v) is 11.3. The molecular weight excluding hydrogens is 548 g/mol. The molecule has 0 aliphatic heterocycles. The van der Waals surface area contributed by atoms with Crippen LogP contribution in [0.2, 0.25) is 0 Å². The van der Waals surface area contributed by atoms with E-state index in [9.17, 15) is 39.8 Å². The standard InChI is InChI=1S/C27H34N8O7/c1-6-32-24(42)33-12-7-13(34(2)3)11-8-25(30)9-27(31)20(35(4)5)19(38)15(23(29)41)21(39)26(27,10-28)22(40)16(25)18(37)14(11)17(12)36/h7,20,36-37,39H,6,8-9,30-31H2,1-5H3,(H2,29,41)(H2,32,33,42)/t20-,25-,26+,27-/m1/s1. The summed E-state index contributed by atoms with van der Waals surface area (Å²) in [5.74, 6) is -6.25. The monoisotopic (exact) mass is 582 g/mol. The number of carbonyl (C=O) groups excluding carboxylic acids is 4. The quantitative estimate of drug-likeness (QED) is 0.155. The lowest BCUT2D eigenvalue weighted by Gasteiger charge is -2.58. The van der Waals surface area contributed by atoms with Crippen LogP contribution in [-0.2, 0) is 20.8 Å². The number of urea groups is 1. The lowest BCUT2D eigenvalue weighted by Crippen LogP contribution is -2.80. The van der Waals surface area contributed by atoms with Gasteiger partial charge in [-0.1, -0.05) is 0 Å². The van der Waals surface area contributed by atoms with E-state index in [1.54, 1.807) is 32.0 Å². The molecule has 1 fully saturated rings. The van der Waals surface area contributed by atoms with Gasteiger partial charge in [0.25, 0.3) is 5.91 Å². The molecule has 3 amide bonds. The fourth-order valence-electron chi connectivity index (χ4n) is 6.70. The number of phenolic OH excluding ortho intramolecular Hbond substituents is 1. The van der Waals surface area contributed by atoms with Crippen LogP contribution >= 0.6 is 0 Å². The number of carbonyl (C=O) groups is 4. The van der Waals surface area contributed by atoms with Crippen molar-refractivity contribution in [2.45, 2.75) is 36.9 Å². The van der Waals surface area contributed by atoms with Crippen LogP contribution in [0.5, 0.6) is 5.75 Å². The predicted octanol–water partition coefficient (Wildman–Crippen LogP) is -0.887. The van der Waals surface area contributed by atoms with Crippen LogP contribution < -0.4 is 32.7 Å². The second kappa shape index (κ2) is 9.72. The van der Waals surface area contributed by atoms with Crippen molar-refractivity contribution in [1.82, 2.24) is 10.2 Å². The molecule has 42 heavy (non-hydrogen) atoms. The Bertz CT molecular complexity index is 1560. The smallest absolute Gasteiger partial charge is 0.319 e. The molecule has 0 aromatic heterocycles. The van der Waals surface area contributed by atoms with Crippen LogP contribution in [0.4, 0.5) is 16.2 Å². The third-order valence-corrected chi connectivity index (χ3v) is 8.29. The molecule has 11 N–H and O–H groups in total. The largest absolute Gasteiger partial charge is 0.509 e. The number of hydrogen-bond donors (Lipinski definition) is 8. The summed E-state index contributed by atoms with van der Waals surface area (Å²) in [5.41, 5.74) is 11.2. The molecular formula is C27H34N8O7. The van der Waals surface area contributed by atoms with Gasteiger partial charge in [-0.05, 0) is 45.5 Å². The van der Waals surface area contributed by atoms with E-state index in [1.807, 2.05) is 0 Å². The number of anilines is 2. The zero-order valence-corrected chi connectivity index (χ0v) is 23.8. The summed E-state index contributed by atoms with van der Waals surface area (Å²) in [7, 11) is 6.24. The molecule has 3 aliphatic rings. The van der Waals surface area contributed by atoms with Crippen molar-refractivity contribution in [3.63, 3.8) is 0 Å². The summed E-state index contributed by atoms with van der Waals surface area (Å²) < 4.78 is 0. The normalized spacial score (nSPS) is 28.5. The summed E-state index contributed by atoms with van der Waals surface area (Å²) in [5, 5.41) is 49.7. The molecule has 0 radical (unpaired) electrons. The van der Waals surface area contributed by atoms with E-state index in [2.05, 4.69) is 10.6 Å². The van der Waals surface area contributed by atoms with Crippen LogP contribution in [-0.4, -0.2) is 95.6 Å². The van der Waals surface area contributed by atoms with Gasteiger partial charge in [0.1, 0.15) is 17.1 Å². The number of aliphatic hydroxyl groups excluding tert-OH is 2. The minimum Gasteiger partial charge on any atom is -0.509 e. The summed E-state index contributed by atoms with van der Waals surface area (Å²) in [6, 6.07) is 1.05. The molecule has 0 heterocycles. The Kier molecular flexibility index (Phi) is 7.02. The zero-order valence-electron chi connectivity index (χ0n) is 23.8. The minimum atomic E-state index is -2.76. The SMILES string of the molecule is CCNC(=O)Nc1cc(N(C)C)c2c(c1O)C(O)=C1C(=O)[C@]3(C#N)C(O)=C(C(N)=O)C(=O)[C@@H](N(C)C)[C@]3(N)C[C@]1(N)C2. The second-order valence-electron chi connectivity index (χ2n) is 11.3. The molecule has 15 nitrogen and oxygen atoms in total. The number of likely N-dealkylation sites (N-methyl/N-ethyl adjacent to an activating group) is 1. The van der Waals surface area contributed by atoms with E-state index in [1.165, 1.54) is 25.1 Å². The van der Waals surface area contributed by atoms with E-state index in [0.29, 0.717) is 11.3 Å². The van der Waals surface area contributed by atoms with Crippen molar-refractivity contribution in [3.8, 4) is 11.8 Å². The first-order valence-corrected chi connectivity index (χ1v) is 13.0. The van der Waals surface area contributed by atoms with Gasteiger partial charge in [-0.25, -0.2) is 4.79 Å². The van der Waals surface area contributed by atoms with Gasteiger partial charge in [0, 0.05) is 26.3 Å². The first-order chi connectivity index (χ1) is 19.4. The highest BCUT2D eigenvalue weighted by atomic mass is 16.3. The number of aromatic hydroxyl groups is 1. The lowest BCUT2D eigenvalue weighted by atomic mass is 9.47. The minimum absolute atomic E-state index is 0.0961. The van der Waals surface area contributed by atoms with E-state index in [-0.39, 0.29) is 24.2 Å². The molecule has 4 atom stereocenters. The number of hydrogen-bond acceptors (Lipinski definition) is 12. The van der Waals surface area contributed by atoms with Gasteiger partial charge in [0.05, 0.1) is 40.0 Å². The molecule has 3 aliphatic carbocycles. The molecule has 0 unspecified atom stereocenters. The number of ketones is 2. The fourth-order valence-corrected chi connectivity index (χ4v) is 6.70. The Morgan fingerprint density at radius 1 is 1.17 bits per heavy atom. The number of benzene rings is 1. The summed E-state index contributed by atoms with van der Waals surface area (Å²) in [4.78, 5) is 55.5. The van der Waals surface area contributed by atoms with Crippen LogP contribution in [0.1, 0.15) is 24.5 Å². The van der Waals surface area contributed by atoms with Crippen molar-refractivity contribution >= 4 is 40.6 Å². The van der Waals surface area contributed by atoms with Gasteiger partial charge < -0.3 is 48.1 Å². The number of rotatable bonds is 5. The summed E-state index contributed by atoms with van der Waals surface area (Å²) >= 11 is 0. The van der Waals surface area contributed by atoms with Crippen molar-refractivity contribution in [1.29, 1.82) is 5.26 Å². The number of phenols is 1. The van der Waals surface area contributed by atoms with E-state index in [0.717, 1.165) is 0 Å². The first kappa shape index (κ1) is 30.3. The maximum absolute atomic E-state index is 14.5. The molecule has 15 heteroatoms. The van der Waals surface area contributed by atoms with Crippen molar-refractivity contribution in [2.75, 3.05) is 45.0 Å². The number of Topliss-reactive ketones (excluding diaryl/α,β-unsaturated/α-hetero) is 2. The zero-order chi connectivity index (χ0) is 31.7. The van der Waals surface area contributed by atoms with Crippen LogP contribution in [0.15, 0.2) is 23.0 Å². The van der Waals surface area contributed by atoms with Crippen LogP contribution in [0.3, 0.4) is 0 Å². The average Bonchev–Trinajstić information content (AvgIpc) is 2.84. The molecule has 224 valence electrons. The third kappa shape index (κ3) is 3.76. The molecule has 0 spiro atoms. The number of fused-ring (bicyclic) bond motifs is 3. The number of nitrogens with two attached hydrogens (primary N) is 3. The average molecular weight is 583 g/mol. The van der Waals surface area contributed by atoms with E-state index < -0.39 is 80.9 Å². The van der Waals surface area contributed by atoms with Crippen molar-refractivity contribution in [3.05, 3.63) is 34.1 Å². The highest BCUT2D eigenvalue weighted by Crippen LogP contribution is 2.59. The first-order valence-electron chi connectivity index (χ1n) is 13.0. The number of nitriles is 1. The fraction of sp³-hybridized carbons (Fsp3) is 0.444. The van der Waals surface area contributed by atoms with Crippen LogP contribution in [0.25, 0.3) is 5.76 Å². The highest BCUT2D eigenvalue weighted by molar-refractivity contribution is 6.25. The Morgan fingerprint density at radius 3 is 2.29 bits per heavy atom. The molecule has 1 saturated carbocycles. The molecule has 1 aromatic rings. The summed E-state index contributed by atoms with van der Waals surface area (Å²) in [6.45, 7) is 1.98. The van der Waals surface area contributed by atoms with Gasteiger partial charge in [-0.2, -0.15) is 5.26 Å². The Balaban J connectivity index is 2.10. The van der Waals surface area contributed by atoms with Gasteiger partial charge in [0.15, 0.2) is 22.7 Å². The highest BCUT2D eigenvalue weighted by Gasteiger charge is 2.74. The van der Waals surface area contributed by atoms with Gasteiger partial charge in [-0.15, -0.1) is 0 Å². The molecule has 4 rings (SSSR count). The maximum Gasteiger partial charge on any atom is 0.319 e. The maximum atomic E-state index is 14.5. The molecule has 0 bridgehead atoms. The third-order valence-electron chi connectivity index (χ3n) is 8.29. The topological polar surface area (TPSA) is 261 Å². The van der Waals surface area contributed by atoms with Gasteiger partial charge >= 0.3 is 6.03 Å². The van der Waals surface area contributed by atoms with Gasteiger partial charge in [0.2, 0.25) is 0 Å². The van der Waals surface area contributed by atoms with Crippen LogP contribution in [0, 0.1) is 16.7 Å². The number of primary amides is 1. The summed E-state index contributed by atoms with van der Waals surface area (Å²) in [6.07, 6.45) is -0.701. The van der Waals surface area contributed by atoms with Gasteiger partial charge in [-0.3, -0.25) is 19.3 Å². The molecule has 0 saturated heterocycles. The number of amides is 3. The van der Waals surface area contributed by atoms with E-state index in [4.69, 9.17) is 17.2 Å². The number of aliphatic hydroxyl groups is 2. The van der Waals surface area contributed by atoms with Crippen molar-refractivity contribution < 1.29 is 34.5 Å². The Morgan fingerprint density at radius 2 is 1.79 bits per heavy atom. The van der Waals surface area contributed by atoms with Crippen molar-refractivity contribution in [2.24, 2.45) is 22.6 Å². The lowest BCUT2D eigenvalue weighted by molar-refractivity contribution is -0.139. The Hall–Kier alpha value is -4.65. The van der Waals surface area contributed by atoms with E-state index >= 15 is 0 Å².